The Bertz CT molecular complexity index is 184. The van der Waals surface area contributed by atoms with Crippen molar-refractivity contribution in [3.05, 3.63) is 0 Å². The molecule has 0 aliphatic rings. The van der Waals surface area contributed by atoms with Crippen LogP contribution in [-0.4, -0.2) is 39.0 Å². The molecule has 0 aromatic heterocycles. The van der Waals surface area contributed by atoms with Crippen molar-refractivity contribution in [3.63, 3.8) is 0 Å². The minimum atomic E-state index is -0.325. The number of carbonyl (C=O) groups is 1. The van der Waals surface area contributed by atoms with Crippen molar-refractivity contribution in [2.45, 2.75) is 33.8 Å². The van der Waals surface area contributed by atoms with Crippen molar-refractivity contribution in [2.75, 3.05) is 26.9 Å². The second-order valence-electron chi connectivity index (χ2n) is 4.54. The molecule has 0 aliphatic heterocycles. The maximum Gasteiger partial charge on any atom is 0.332 e. The predicted octanol–water partition coefficient (Wildman–Crippen LogP) is 1.63. The Balaban J connectivity index is 3.65. The first-order valence-corrected chi connectivity index (χ1v) is 5.14. The lowest BCUT2D eigenvalue weighted by Crippen LogP contribution is -2.30. The summed E-state index contributed by atoms with van der Waals surface area (Å²) in [7, 11) is 1.59. The van der Waals surface area contributed by atoms with E-state index in [2.05, 4.69) is 0 Å². The molecule has 0 amide bonds. The van der Waals surface area contributed by atoms with Gasteiger partial charge in [0.2, 0.25) is 0 Å². The fourth-order valence-corrected chi connectivity index (χ4v) is 0.706. The first-order valence-electron chi connectivity index (χ1n) is 5.14. The van der Waals surface area contributed by atoms with E-state index in [0.717, 1.165) is 0 Å². The van der Waals surface area contributed by atoms with Gasteiger partial charge in [0.25, 0.3) is 0 Å². The van der Waals surface area contributed by atoms with E-state index in [1.165, 1.54) is 0 Å². The van der Waals surface area contributed by atoms with Crippen LogP contribution in [0.3, 0.4) is 0 Å². The topological polar surface area (TPSA) is 44.8 Å². The Morgan fingerprint density at radius 3 is 2.33 bits per heavy atom. The number of ether oxygens (including phenoxy) is 3. The fourth-order valence-electron chi connectivity index (χ4n) is 0.706. The lowest BCUT2D eigenvalue weighted by molar-refractivity contribution is -0.159. The highest BCUT2D eigenvalue weighted by molar-refractivity contribution is 5.70. The number of hydrogen-bond acceptors (Lipinski definition) is 4. The molecule has 0 N–H and O–H groups in total. The van der Waals surface area contributed by atoms with Gasteiger partial charge in [0, 0.05) is 7.11 Å². The number of hydrogen-bond donors (Lipinski definition) is 0. The van der Waals surface area contributed by atoms with E-state index in [4.69, 9.17) is 14.2 Å². The quantitative estimate of drug-likeness (QED) is 0.502. The van der Waals surface area contributed by atoms with Crippen LogP contribution in [0.2, 0.25) is 0 Å². The van der Waals surface area contributed by atoms with E-state index < -0.39 is 0 Å². The zero-order valence-corrected chi connectivity index (χ0v) is 10.3. The van der Waals surface area contributed by atoms with E-state index in [1.54, 1.807) is 7.11 Å². The molecule has 0 radical (unpaired) electrons. The maximum atomic E-state index is 11.3. The van der Waals surface area contributed by atoms with Crippen LogP contribution in [0.4, 0.5) is 0 Å². The summed E-state index contributed by atoms with van der Waals surface area (Å²) in [5.41, 5.74) is -0.0395. The first kappa shape index (κ1) is 14.4. The minimum absolute atomic E-state index is 0.0101. The average molecular weight is 218 g/mol. The molecule has 0 unspecified atom stereocenters. The minimum Gasteiger partial charge on any atom is -0.460 e. The Morgan fingerprint density at radius 1 is 1.27 bits per heavy atom. The zero-order chi connectivity index (χ0) is 11.9. The largest absolute Gasteiger partial charge is 0.460 e. The van der Waals surface area contributed by atoms with Crippen molar-refractivity contribution >= 4 is 5.97 Å². The van der Waals surface area contributed by atoms with Gasteiger partial charge in [-0.15, -0.1) is 0 Å². The second-order valence-corrected chi connectivity index (χ2v) is 4.54. The highest BCUT2D eigenvalue weighted by Crippen LogP contribution is 2.21. The number of methoxy groups -OCH3 is 1. The highest BCUT2D eigenvalue weighted by atomic mass is 16.6. The molecular weight excluding hydrogens is 196 g/mol. The number of rotatable bonds is 6. The Kier molecular flexibility index (Phi) is 6.52. The van der Waals surface area contributed by atoms with Gasteiger partial charge < -0.3 is 14.2 Å². The third-order valence-electron chi connectivity index (χ3n) is 2.18. The molecule has 0 fully saturated rings. The van der Waals surface area contributed by atoms with Gasteiger partial charge in [-0.3, -0.25) is 0 Å². The molecule has 0 aromatic carbocycles. The average Bonchev–Trinajstić information content (AvgIpc) is 2.11. The summed E-state index contributed by atoms with van der Waals surface area (Å²) in [5, 5.41) is 0. The summed E-state index contributed by atoms with van der Waals surface area (Å²) in [4.78, 5) is 11.3. The van der Waals surface area contributed by atoms with Crippen LogP contribution in [0.5, 0.6) is 0 Å². The number of carbonyl (C=O) groups excluding carboxylic acids is 1. The van der Waals surface area contributed by atoms with Crippen LogP contribution < -0.4 is 0 Å². The Labute approximate surface area is 91.9 Å². The van der Waals surface area contributed by atoms with Gasteiger partial charge in [0.1, 0.15) is 12.7 Å². The summed E-state index contributed by atoms with van der Waals surface area (Å²) >= 11 is 0. The van der Waals surface area contributed by atoms with Gasteiger partial charge in [0.15, 0.2) is 0 Å². The number of esters is 1. The van der Waals surface area contributed by atoms with Crippen LogP contribution >= 0.6 is 0 Å². The van der Waals surface area contributed by atoms with E-state index >= 15 is 0 Å². The van der Waals surface area contributed by atoms with E-state index in [0.29, 0.717) is 13.2 Å². The molecule has 4 heteroatoms. The van der Waals surface area contributed by atoms with Crippen molar-refractivity contribution < 1.29 is 19.0 Å². The SMILES string of the molecule is COCCOCC(=O)O[C@H](C)C(C)(C)C. The van der Waals surface area contributed by atoms with E-state index in [-0.39, 0.29) is 24.1 Å². The smallest absolute Gasteiger partial charge is 0.332 e. The molecule has 1 atom stereocenters. The van der Waals surface area contributed by atoms with Gasteiger partial charge in [-0.2, -0.15) is 0 Å². The predicted molar refractivity (Wildman–Crippen MR) is 57.7 cm³/mol. The molecule has 0 saturated heterocycles. The Hall–Kier alpha value is -0.610. The van der Waals surface area contributed by atoms with Gasteiger partial charge >= 0.3 is 5.97 Å². The molecule has 0 rings (SSSR count). The lowest BCUT2D eigenvalue weighted by atomic mass is 9.90. The Morgan fingerprint density at radius 2 is 1.87 bits per heavy atom. The fraction of sp³-hybridized carbons (Fsp3) is 0.909. The summed E-state index contributed by atoms with van der Waals surface area (Å²) in [6, 6.07) is 0. The lowest BCUT2D eigenvalue weighted by Gasteiger charge is -2.26. The van der Waals surface area contributed by atoms with Crippen molar-refractivity contribution in [1.82, 2.24) is 0 Å². The molecule has 0 heterocycles. The summed E-state index contributed by atoms with van der Waals surface area (Å²) in [6.07, 6.45) is -0.115. The molecular formula is C11H22O4. The van der Waals surface area contributed by atoms with Crippen LogP contribution in [0.25, 0.3) is 0 Å². The molecule has 90 valence electrons. The van der Waals surface area contributed by atoms with Gasteiger partial charge in [-0.1, -0.05) is 20.8 Å². The molecule has 0 saturated carbocycles. The third kappa shape index (κ3) is 7.33. The highest BCUT2D eigenvalue weighted by Gasteiger charge is 2.23. The summed E-state index contributed by atoms with van der Waals surface area (Å²) in [6.45, 7) is 8.85. The first-order chi connectivity index (χ1) is 6.88. The van der Waals surface area contributed by atoms with Crippen LogP contribution in [0, 0.1) is 5.41 Å². The molecule has 0 aromatic rings. The molecule has 0 bridgehead atoms. The third-order valence-corrected chi connectivity index (χ3v) is 2.18. The van der Waals surface area contributed by atoms with E-state index in [9.17, 15) is 4.79 Å². The van der Waals surface area contributed by atoms with Gasteiger partial charge in [-0.05, 0) is 12.3 Å². The second kappa shape index (κ2) is 6.80. The van der Waals surface area contributed by atoms with Crippen molar-refractivity contribution in [3.8, 4) is 0 Å². The van der Waals surface area contributed by atoms with Gasteiger partial charge in [-0.25, -0.2) is 4.79 Å². The molecule has 0 spiro atoms. The molecule has 0 aliphatic carbocycles. The summed E-state index contributed by atoms with van der Waals surface area (Å²) < 4.78 is 15.0. The van der Waals surface area contributed by atoms with Crippen LogP contribution in [0.1, 0.15) is 27.7 Å². The van der Waals surface area contributed by atoms with Crippen molar-refractivity contribution in [1.29, 1.82) is 0 Å². The monoisotopic (exact) mass is 218 g/mol. The molecule has 4 nitrogen and oxygen atoms in total. The van der Waals surface area contributed by atoms with E-state index in [1.807, 2.05) is 27.7 Å². The van der Waals surface area contributed by atoms with Crippen LogP contribution in [0.15, 0.2) is 0 Å². The summed E-state index contributed by atoms with van der Waals surface area (Å²) in [5.74, 6) is -0.325. The van der Waals surface area contributed by atoms with Gasteiger partial charge in [0.05, 0.1) is 13.2 Å². The molecule has 15 heavy (non-hydrogen) atoms. The normalized spacial score (nSPS) is 13.7. The maximum absolute atomic E-state index is 11.3. The standard InChI is InChI=1S/C11H22O4/c1-9(11(2,3)4)15-10(12)8-14-7-6-13-5/h9H,6-8H2,1-5H3/t9-/m1/s1. The zero-order valence-electron chi connectivity index (χ0n) is 10.3. The van der Waals surface area contributed by atoms with Crippen molar-refractivity contribution in [2.24, 2.45) is 5.41 Å². The van der Waals surface area contributed by atoms with Crippen LogP contribution in [-0.2, 0) is 19.0 Å².